The molecule has 2 fully saturated rings. The number of carboxylic acid groups (broad SMARTS) is 1. The average Bonchev–Trinajstić information content (AvgIpc) is 2.26. The zero-order valence-corrected chi connectivity index (χ0v) is 11.7. The third-order valence-electron chi connectivity index (χ3n) is 3.74. The molecule has 0 aromatic heterocycles. The summed E-state index contributed by atoms with van der Waals surface area (Å²) in [5.74, 6) is -1.01. The van der Waals surface area contributed by atoms with Gasteiger partial charge in [0, 0.05) is 51.7 Å². The molecule has 8 heteroatoms. The van der Waals surface area contributed by atoms with Crippen LogP contribution in [0.3, 0.4) is 0 Å². The zero-order valence-electron chi connectivity index (χ0n) is 10.9. The summed E-state index contributed by atoms with van der Waals surface area (Å²) >= 11 is 0. The van der Waals surface area contributed by atoms with Crippen molar-refractivity contribution >= 4 is 16.0 Å². The van der Waals surface area contributed by atoms with Gasteiger partial charge in [0.05, 0.1) is 5.75 Å². The van der Waals surface area contributed by atoms with E-state index in [0.717, 1.165) is 26.2 Å². The molecule has 0 aliphatic carbocycles. The normalized spacial score (nSPS) is 23.2. The number of aliphatic carboxylic acids is 1. The molecule has 19 heavy (non-hydrogen) atoms. The summed E-state index contributed by atoms with van der Waals surface area (Å²) < 4.78 is 25.6. The lowest BCUT2D eigenvalue weighted by Gasteiger charge is -2.42. The molecule has 7 nitrogen and oxygen atoms in total. The molecular formula is C11H21N3O4S. The number of nitrogens with zero attached hydrogens (tertiary/aromatic N) is 2. The average molecular weight is 291 g/mol. The van der Waals surface area contributed by atoms with Gasteiger partial charge >= 0.3 is 5.97 Å². The van der Waals surface area contributed by atoms with Gasteiger partial charge in [-0.15, -0.1) is 0 Å². The Labute approximate surface area is 113 Å². The van der Waals surface area contributed by atoms with Gasteiger partial charge in [-0.1, -0.05) is 0 Å². The summed E-state index contributed by atoms with van der Waals surface area (Å²) in [4.78, 5) is 12.7. The highest BCUT2D eigenvalue weighted by Gasteiger charge is 2.31. The Morgan fingerprint density at radius 2 is 1.84 bits per heavy atom. The van der Waals surface area contributed by atoms with Gasteiger partial charge in [0.15, 0.2) is 0 Å². The van der Waals surface area contributed by atoms with E-state index in [1.807, 2.05) is 0 Å². The van der Waals surface area contributed by atoms with Gasteiger partial charge in [-0.2, -0.15) is 4.31 Å². The first kappa shape index (κ1) is 14.7. The van der Waals surface area contributed by atoms with Gasteiger partial charge in [0.25, 0.3) is 0 Å². The molecule has 2 aliphatic rings. The van der Waals surface area contributed by atoms with Gasteiger partial charge in [-0.25, -0.2) is 8.42 Å². The molecular weight excluding hydrogens is 270 g/mol. The summed E-state index contributed by atoms with van der Waals surface area (Å²) in [6.07, 6.45) is 0.0946. The van der Waals surface area contributed by atoms with Crippen LogP contribution in [0.25, 0.3) is 0 Å². The number of carbonyl (C=O) groups is 1. The lowest BCUT2D eigenvalue weighted by molar-refractivity contribution is -0.137. The van der Waals surface area contributed by atoms with Gasteiger partial charge in [0.1, 0.15) is 0 Å². The monoisotopic (exact) mass is 291 g/mol. The molecule has 0 atom stereocenters. The fourth-order valence-corrected chi connectivity index (χ4v) is 3.90. The number of sulfonamides is 1. The van der Waals surface area contributed by atoms with E-state index in [0.29, 0.717) is 19.1 Å². The lowest BCUT2D eigenvalue weighted by atomic mass is 10.1. The molecule has 2 saturated heterocycles. The standard InChI is InChI=1S/C11H21N3O4S/c15-11(16)2-1-7-19(17,18)14-5-3-13(4-6-14)10-8-12-9-10/h10,12H,1-9H2,(H,15,16). The van der Waals surface area contributed by atoms with Crippen molar-refractivity contribution in [2.75, 3.05) is 45.0 Å². The van der Waals surface area contributed by atoms with E-state index in [2.05, 4.69) is 10.2 Å². The van der Waals surface area contributed by atoms with Crippen molar-refractivity contribution in [1.29, 1.82) is 0 Å². The van der Waals surface area contributed by atoms with Gasteiger partial charge < -0.3 is 10.4 Å². The molecule has 2 N–H and O–H groups in total. The Balaban J connectivity index is 1.77. The molecule has 2 heterocycles. The van der Waals surface area contributed by atoms with Crippen LogP contribution in [0.15, 0.2) is 0 Å². The number of rotatable bonds is 6. The SMILES string of the molecule is O=C(O)CCCS(=O)(=O)N1CCN(C2CNC2)CC1. The second kappa shape index (κ2) is 6.17. The predicted octanol–water partition coefficient (Wildman–Crippen LogP) is -1.23. The molecule has 0 bridgehead atoms. The highest BCUT2D eigenvalue weighted by atomic mass is 32.2. The van der Waals surface area contributed by atoms with E-state index in [9.17, 15) is 13.2 Å². The summed E-state index contributed by atoms with van der Waals surface area (Å²) in [6, 6.07) is 0.553. The summed E-state index contributed by atoms with van der Waals surface area (Å²) in [5.41, 5.74) is 0. The van der Waals surface area contributed by atoms with Gasteiger partial charge in [-0.05, 0) is 6.42 Å². The Hall–Kier alpha value is -0.700. The number of piperazine rings is 1. The smallest absolute Gasteiger partial charge is 0.303 e. The fraction of sp³-hybridized carbons (Fsp3) is 0.909. The highest BCUT2D eigenvalue weighted by molar-refractivity contribution is 7.89. The quantitative estimate of drug-likeness (QED) is 0.637. The largest absolute Gasteiger partial charge is 0.481 e. The topological polar surface area (TPSA) is 89.9 Å². The molecule has 110 valence electrons. The van der Waals surface area contributed by atoms with Crippen LogP contribution >= 0.6 is 0 Å². The number of hydrogen-bond acceptors (Lipinski definition) is 5. The first-order chi connectivity index (χ1) is 8.99. The van der Waals surface area contributed by atoms with Crippen molar-refractivity contribution < 1.29 is 18.3 Å². The second-order valence-electron chi connectivity index (χ2n) is 5.06. The van der Waals surface area contributed by atoms with E-state index < -0.39 is 16.0 Å². The van der Waals surface area contributed by atoms with Crippen LogP contribution in [0.1, 0.15) is 12.8 Å². The van der Waals surface area contributed by atoms with Crippen LogP contribution in [0.4, 0.5) is 0 Å². The van der Waals surface area contributed by atoms with Gasteiger partial charge in [-0.3, -0.25) is 9.69 Å². The van der Waals surface area contributed by atoms with Crippen LogP contribution in [-0.4, -0.2) is 79.8 Å². The van der Waals surface area contributed by atoms with E-state index in [-0.39, 0.29) is 18.6 Å². The minimum absolute atomic E-state index is 0.0652. The molecule has 0 spiro atoms. The minimum atomic E-state index is -3.29. The van der Waals surface area contributed by atoms with Crippen molar-refractivity contribution in [1.82, 2.24) is 14.5 Å². The minimum Gasteiger partial charge on any atom is -0.481 e. The zero-order chi connectivity index (χ0) is 13.9. The third-order valence-corrected chi connectivity index (χ3v) is 5.69. The first-order valence-corrected chi connectivity index (χ1v) is 8.24. The summed E-state index contributed by atoms with van der Waals surface area (Å²) in [7, 11) is -3.29. The maximum atomic E-state index is 12.0. The highest BCUT2D eigenvalue weighted by Crippen LogP contribution is 2.13. The predicted molar refractivity (Wildman–Crippen MR) is 70.5 cm³/mol. The number of carboxylic acids is 1. The molecule has 2 rings (SSSR count). The maximum Gasteiger partial charge on any atom is 0.303 e. The molecule has 2 aliphatic heterocycles. The number of hydrogen-bond donors (Lipinski definition) is 2. The van der Waals surface area contributed by atoms with Crippen LogP contribution in [-0.2, 0) is 14.8 Å². The Bertz CT molecular complexity index is 414. The Morgan fingerprint density at radius 3 is 2.32 bits per heavy atom. The third kappa shape index (κ3) is 3.88. The molecule has 0 saturated carbocycles. The number of nitrogens with one attached hydrogen (secondary N) is 1. The lowest BCUT2D eigenvalue weighted by Crippen LogP contribution is -2.62. The molecule has 0 amide bonds. The van der Waals surface area contributed by atoms with Crippen LogP contribution < -0.4 is 5.32 Å². The van der Waals surface area contributed by atoms with E-state index in [1.54, 1.807) is 0 Å². The van der Waals surface area contributed by atoms with Crippen LogP contribution in [0, 0.1) is 0 Å². The summed E-state index contributed by atoms with van der Waals surface area (Å²) in [6.45, 7) is 4.56. The van der Waals surface area contributed by atoms with E-state index in [4.69, 9.17) is 5.11 Å². The first-order valence-electron chi connectivity index (χ1n) is 6.63. The molecule has 0 unspecified atom stereocenters. The maximum absolute atomic E-state index is 12.0. The van der Waals surface area contributed by atoms with Crippen molar-refractivity contribution in [2.45, 2.75) is 18.9 Å². The van der Waals surface area contributed by atoms with Gasteiger partial charge in [0.2, 0.25) is 10.0 Å². The Morgan fingerprint density at radius 1 is 1.21 bits per heavy atom. The van der Waals surface area contributed by atoms with Crippen LogP contribution in [0.2, 0.25) is 0 Å². The van der Waals surface area contributed by atoms with Crippen molar-refractivity contribution in [3.05, 3.63) is 0 Å². The molecule has 0 aromatic rings. The van der Waals surface area contributed by atoms with E-state index in [1.165, 1.54) is 4.31 Å². The summed E-state index contributed by atoms with van der Waals surface area (Å²) in [5, 5.41) is 11.7. The van der Waals surface area contributed by atoms with Crippen molar-refractivity contribution in [3.8, 4) is 0 Å². The molecule has 0 radical (unpaired) electrons. The van der Waals surface area contributed by atoms with Crippen molar-refractivity contribution in [2.24, 2.45) is 0 Å². The fourth-order valence-electron chi connectivity index (χ4n) is 2.41. The Kier molecular flexibility index (Phi) is 4.77. The second-order valence-corrected chi connectivity index (χ2v) is 7.15. The van der Waals surface area contributed by atoms with Crippen molar-refractivity contribution in [3.63, 3.8) is 0 Å². The van der Waals surface area contributed by atoms with Crippen LogP contribution in [0.5, 0.6) is 0 Å². The molecule has 0 aromatic carbocycles. The van der Waals surface area contributed by atoms with E-state index >= 15 is 0 Å².